The van der Waals surface area contributed by atoms with Gasteiger partial charge in [-0.3, -0.25) is 14.4 Å². The first-order valence-corrected chi connectivity index (χ1v) is 10.0. The topological polar surface area (TPSA) is 82.3 Å². The second-order valence-corrected chi connectivity index (χ2v) is 9.11. The molecule has 0 saturated carbocycles. The van der Waals surface area contributed by atoms with Crippen LogP contribution in [-0.4, -0.2) is 40.8 Å². The summed E-state index contributed by atoms with van der Waals surface area (Å²) in [6.45, 7) is 9.23. The number of hydrogen-bond donors (Lipinski definition) is 2. The van der Waals surface area contributed by atoms with Crippen molar-refractivity contribution < 1.29 is 9.59 Å². The highest BCUT2D eigenvalue weighted by atomic mass is 16.2. The number of rotatable bonds is 3. The maximum Gasteiger partial charge on any atom is 0.261 e. The Hall–Kier alpha value is -2.11. The smallest absolute Gasteiger partial charge is 0.261 e. The second kappa shape index (κ2) is 7.49. The van der Waals surface area contributed by atoms with Gasteiger partial charge in [0.05, 0.1) is 0 Å². The van der Waals surface area contributed by atoms with Gasteiger partial charge in [-0.05, 0) is 49.1 Å². The molecule has 2 aliphatic rings. The number of carbonyl (C=O) groups excluding carboxylic acids is 2. The van der Waals surface area contributed by atoms with Crippen molar-refractivity contribution in [1.82, 2.24) is 15.2 Å². The molecule has 1 aromatic rings. The normalized spacial score (nSPS) is 21.7. The van der Waals surface area contributed by atoms with Gasteiger partial charge in [-0.15, -0.1) is 0 Å². The molecule has 1 fully saturated rings. The Morgan fingerprint density at radius 1 is 1.33 bits per heavy atom. The lowest BCUT2D eigenvalue weighted by Crippen LogP contribution is -2.51. The van der Waals surface area contributed by atoms with Crippen LogP contribution in [0.3, 0.4) is 0 Å². The van der Waals surface area contributed by atoms with Crippen molar-refractivity contribution in [2.45, 2.75) is 65.8 Å². The molecule has 1 atom stereocenters. The van der Waals surface area contributed by atoms with Crippen molar-refractivity contribution in [3.63, 3.8) is 0 Å². The van der Waals surface area contributed by atoms with Crippen LogP contribution in [0, 0.1) is 11.3 Å². The van der Waals surface area contributed by atoms with Gasteiger partial charge < -0.3 is 15.2 Å². The van der Waals surface area contributed by atoms with E-state index in [1.165, 1.54) is 0 Å². The summed E-state index contributed by atoms with van der Waals surface area (Å²) in [5.41, 5.74) is 2.16. The van der Waals surface area contributed by atoms with E-state index in [1.807, 2.05) is 13.8 Å². The van der Waals surface area contributed by atoms with Crippen LogP contribution in [0.25, 0.3) is 0 Å². The van der Waals surface area contributed by atoms with Gasteiger partial charge in [-0.1, -0.05) is 27.7 Å². The van der Waals surface area contributed by atoms with Crippen molar-refractivity contribution in [3.8, 4) is 0 Å². The van der Waals surface area contributed by atoms with Crippen LogP contribution in [0.1, 0.15) is 68.6 Å². The molecule has 1 aromatic heterocycles. The number of pyridine rings is 1. The number of carbonyl (C=O) groups is 2. The predicted molar refractivity (Wildman–Crippen MR) is 105 cm³/mol. The maximum absolute atomic E-state index is 13.0. The summed E-state index contributed by atoms with van der Waals surface area (Å²) in [6, 6.07) is 1.75. The first kappa shape index (κ1) is 19.6. The Morgan fingerprint density at radius 3 is 2.78 bits per heavy atom. The Labute approximate surface area is 160 Å². The molecule has 148 valence electrons. The van der Waals surface area contributed by atoms with Crippen LogP contribution in [0.4, 0.5) is 0 Å². The average molecular weight is 373 g/mol. The molecule has 6 nitrogen and oxygen atoms in total. The second-order valence-electron chi connectivity index (χ2n) is 9.11. The number of aromatic nitrogens is 1. The summed E-state index contributed by atoms with van der Waals surface area (Å²) in [4.78, 5) is 42.1. The number of piperidine rings is 1. The van der Waals surface area contributed by atoms with E-state index >= 15 is 0 Å². The number of aromatic amines is 1. The van der Waals surface area contributed by atoms with Gasteiger partial charge in [0.1, 0.15) is 5.56 Å². The minimum absolute atomic E-state index is 0.00292. The Kier molecular flexibility index (Phi) is 5.45. The van der Waals surface area contributed by atoms with E-state index in [9.17, 15) is 14.4 Å². The number of H-pyrrole nitrogens is 1. The lowest BCUT2D eigenvalue weighted by Gasteiger charge is -2.34. The number of hydrogen-bond acceptors (Lipinski definition) is 3. The predicted octanol–water partition coefficient (Wildman–Crippen LogP) is 2.27. The summed E-state index contributed by atoms with van der Waals surface area (Å²) < 4.78 is 0. The van der Waals surface area contributed by atoms with E-state index in [-0.39, 0.29) is 40.3 Å². The minimum atomic E-state index is -0.299. The summed E-state index contributed by atoms with van der Waals surface area (Å²) in [6.07, 6.45) is 4.43. The fourth-order valence-electron chi connectivity index (χ4n) is 4.04. The number of amides is 2. The highest BCUT2D eigenvalue weighted by Crippen LogP contribution is 2.33. The Balaban J connectivity index is 1.77. The van der Waals surface area contributed by atoms with Gasteiger partial charge in [-0.25, -0.2) is 0 Å². The van der Waals surface area contributed by atoms with Crippen LogP contribution in [0.2, 0.25) is 0 Å². The van der Waals surface area contributed by atoms with E-state index < -0.39 is 0 Å². The number of likely N-dealkylation sites (tertiary alicyclic amines) is 1. The fourth-order valence-corrected chi connectivity index (χ4v) is 4.04. The zero-order valence-electron chi connectivity index (χ0n) is 16.9. The molecule has 3 rings (SSSR count). The molecule has 2 amide bonds. The van der Waals surface area contributed by atoms with E-state index in [2.05, 4.69) is 24.1 Å². The molecule has 0 unspecified atom stereocenters. The SMILES string of the molecule is CC(C)C(=O)N[C@H]1CCCN(C(=O)c2cc3c([nH]c2=O)CCC(C)(C)C3)C1. The molecule has 1 saturated heterocycles. The molecule has 2 heterocycles. The summed E-state index contributed by atoms with van der Waals surface area (Å²) in [5.74, 6) is -0.308. The van der Waals surface area contributed by atoms with Gasteiger partial charge in [0.25, 0.3) is 11.5 Å². The van der Waals surface area contributed by atoms with Gasteiger partial charge in [-0.2, -0.15) is 0 Å². The van der Waals surface area contributed by atoms with E-state index in [0.717, 1.165) is 43.4 Å². The highest BCUT2D eigenvalue weighted by Gasteiger charge is 2.30. The third kappa shape index (κ3) is 4.42. The van der Waals surface area contributed by atoms with E-state index in [4.69, 9.17) is 0 Å². The molecule has 0 spiro atoms. The number of nitrogens with one attached hydrogen (secondary N) is 2. The molecule has 0 bridgehead atoms. The monoisotopic (exact) mass is 373 g/mol. The van der Waals surface area contributed by atoms with Crippen LogP contribution >= 0.6 is 0 Å². The maximum atomic E-state index is 13.0. The zero-order chi connectivity index (χ0) is 19.8. The molecule has 1 aliphatic heterocycles. The third-order valence-corrected chi connectivity index (χ3v) is 5.75. The lowest BCUT2D eigenvalue weighted by atomic mass is 9.76. The summed E-state index contributed by atoms with van der Waals surface area (Å²) in [5, 5.41) is 3.01. The first-order valence-electron chi connectivity index (χ1n) is 10.0. The Morgan fingerprint density at radius 2 is 2.07 bits per heavy atom. The average Bonchev–Trinajstić information content (AvgIpc) is 2.60. The van der Waals surface area contributed by atoms with Gasteiger partial charge >= 0.3 is 0 Å². The highest BCUT2D eigenvalue weighted by molar-refractivity contribution is 5.94. The van der Waals surface area contributed by atoms with Crippen molar-refractivity contribution in [2.24, 2.45) is 11.3 Å². The standard InChI is InChI=1S/C21H31N3O3/c1-13(2)18(25)22-15-6-5-9-24(12-15)20(27)16-10-14-11-21(3,4)8-7-17(14)23-19(16)26/h10,13,15H,5-9,11-12H2,1-4H3,(H,22,25)(H,23,26)/t15-/m0/s1. The van der Waals surface area contributed by atoms with Crippen LogP contribution in [0.5, 0.6) is 0 Å². The molecule has 1 aliphatic carbocycles. The van der Waals surface area contributed by atoms with Crippen molar-refractivity contribution in [1.29, 1.82) is 0 Å². The number of aryl methyl sites for hydroxylation is 1. The van der Waals surface area contributed by atoms with Crippen molar-refractivity contribution >= 4 is 11.8 Å². The molecular weight excluding hydrogens is 342 g/mol. The number of nitrogens with zero attached hydrogens (tertiary/aromatic N) is 1. The molecule has 6 heteroatoms. The summed E-state index contributed by atoms with van der Waals surface area (Å²) >= 11 is 0. The quantitative estimate of drug-likeness (QED) is 0.853. The Bertz CT molecular complexity index is 794. The molecular formula is C21H31N3O3. The molecule has 0 aromatic carbocycles. The van der Waals surface area contributed by atoms with Crippen molar-refractivity contribution in [3.05, 3.63) is 33.2 Å². The zero-order valence-corrected chi connectivity index (χ0v) is 16.9. The fraction of sp³-hybridized carbons (Fsp3) is 0.667. The van der Waals surface area contributed by atoms with E-state index in [0.29, 0.717) is 13.1 Å². The minimum Gasteiger partial charge on any atom is -0.351 e. The van der Waals surface area contributed by atoms with Crippen LogP contribution < -0.4 is 10.9 Å². The van der Waals surface area contributed by atoms with Crippen LogP contribution in [-0.2, 0) is 17.6 Å². The lowest BCUT2D eigenvalue weighted by molar-refractivity contribution is -0.125. The van der Waals surface area contributed by atoms with Crippen LogP contribution in [0.15, 0.2) is 10.9 Å². The van der Waals surface area contributed by atoms with Gasteiger partial charge in [0.2, 0.25) is 5.91 Å². The number of fused-ring (bicyclic) bond motifs is 1. The van der Waals surface area contributed by atoms with E-state index in [1.54, 1.807) is 11.0 Å². The molecule has 0 radical (unpaired) electrons. The summed E-state index contributed by atoms with van der Waals surface area (Å²) in [7, 11) is 0. The van der Waals surface area contributed by atoms with Gasteiger partial charge in [0.15, 0.2) is 0 Å². The van der Waals surface area contributed by atoms with Crippen molar-refractivity contribution in [2.75, 3.05) is 13.1 Å². The molecule has 2 N–H and O–H groups in total. The first-order chi connectivity index (χ1) is 12.7. The largest absolute Gasteiger partial charge is 0.351 e. The van der Waals surface area contributed by atoms with Gasteiger partial charge in [0, 0.05) is 30.7 Å². The third-order valence-electron chi connectivity index (χ3n) is 5.75. The molecule has 27 heavy (non-hydrogen) atoms.